The van der Waals surface area contributed by atoms with E-state index in [-0.39, 0.29) is 5.91 Å². The molecule has 0 radical (unpaired) electrons. The molecule has 2 atom stereocenters. The minimum absolute atomic E-state index is 0.163. The van der Waals surface area contributed by atoms with Gasteiger partial charge in [0.05, 0.1) is 28.3 Å². The van der Waals surface area contributed by atoms with Crippen LogP contribution in [-0.2, 0) is 4.79 Å². The Morgan fingerprint density at radius 3 is 2.15 bits per heavy atom. The Bertz CT molecular complexity index is 1770. The summed E-state index contributed by atoms with van der Waals surface area (Å²) < 4.78 is 12.6. The van der Waals surface area contributed by atoms with Crippen LogP contribution in [0.25, 0.3) is 6.08 Å². The second-order valence-corrected chi connectivity index (χ2v) is 13.9. The van der Waals surface area contributed by atoms with Crippen LogP contribution < -0.4 is 19.7 Å². The summed E-state index contributed by atoms with van der Waals surface area (Å²) in [5, 5.41) is 3.60. The maximum atomic E-state index is 13.2. The number of benzene rings is 4. The number of halogens is 1. The van der Waals surface area contributed by atoms with E-state index >= 15 is 0 Å². The number of amides is 1. The van der Waals surface area contributed by atoms with Crippen LogP contribution >= 0.6 is 27.7 Å². The molecule has 4 aromatic carbocycles. The molecule has 1 fully saturated rings. The molecule has 3 heterocycles. The van der Waals surface area contributed by atoms with Gasteiger partial charge in [-0.15, -0.1) is 0 Å². The van der Waals surface area contributed by atoms with Crippen molar-refractivity contribution in [3.8, 4) is 11.5 Å². The van der Waals surface area contributed by atoms with E-state index in [2.05, 4.69) is 106 Å². The molecule has 8 heteroatoms. The van der Waals surface area contributed by atoms with Gasteiger partial charge in [0.2, 0.25) is 0 Å². The van der Waals surface area contributed by atoms with Gasteiger partial charge in [0.15, 0.2) is 16.7 Å². The Labute approximate surface area is 289 Å². The van der Waals surface area contributed by atoms with Crippen molar-refractivity contribution < 1.29 is 14.3 Å². The van der Waals surface area contributed by atoms with E-state index in [0.29, 0.717) is 46.6 Å². The summed E-state index contributed by atoms with van der Waals surface area (Å²) in [6.45, 7) is 7.21. The Morgan fingerprint density at radius 1 is 0.915 bits per heavy atom. The monoisotopic (exact) mass is 707 g/mol. The molecule has 0 aliphatic carbocycles. The molecule has 3 aliphatic rings. The molecule has 4 aromatic rings. The number of nitrogens with zero attached hydrogens (tertiary/aromatic N) is 2. The predicted molar refractivity (Wildman–Crippen MR) is 196 cm³/mol. The lowest BCUT2D eigenvalue weighted by Gasteiger charge is -2.43. The van der Waals surface area contributed by atoms with Crippen molar-refractivity contribution >= 4 is 56.2 Å². The van der Waals surface area contributed by atoms with Gasteiger partial charge < -0.3 is 19.7 Å². The Hall–Kier alpha value is -4.01. The summed E-state index contributed by atoms with van der Waals surface area (Å²) in [6, 6.07) is 30.0. The first-order valence-corrected chi connectivity index (χ1v) is 18.0. The molecule has 0 aromatic heterocycles. The number of thioether (sulfide) groups is 1. The van der Waals surface area contributed by atoms with Crippen LogP contribution in [0, 0.1) is 0 Å². The van der Waals surface area contributed by atoms with Gasteiger partial charge in [-0.25, -0.2) is 4.99 Å². The third kappa shape index (κ3) is 6.58. The minimum Gasteiger partial charge on any atom is -0.490 e. The molecule has 1 saturated heterocycles. The second-order valence-electron chi connectivity index (χ2n) is 12.1. The van der Waals surface area contributed by atoms with Crippen molar-refractivity contribution in [1.82, 2.24) is 5.32 Å². The smallest absolute Gasteiger partial charge is 0.264 e. The summed E-state index contributed by atoms with van der Waals surface area (Å²) in [4.78, 5) is 21.4. The zero-order chi connectivity index (χ0) is 32.3. The molecule has 3 aliphatic heterocycles. The van der Waals surface area contributed by atoms with Crippen molar-refractivity contribution in [3.05, 3.63) is 122 Å². The highest BCUT2D eigenvalue weighted by atomic mass is 79.9. The number of aliphatic imine (C=N–C) groups is 1. The number of carbonyl (C=O) groups is 1. The van der Waals surface area contributed by atoms with Gasteiger partial charge in [-0.1, -0.05) is 67.6 Å². The number of ether oxygens (including phenoxy) is 2. The number of rotatable bonds is 9. The molecule has 47 heavy (non-hydrogen) atoms. The standard InChI is InChI=1S/C39H38BrN3O3S/c1-3-19-46-37-33(40)20-25(21-34(37)45-4-2)22-35-38(44)42-39(47-35)41-28-23-31-29(26-11-7-5-8-12-26)15-17-43-18-16-30(32(24-28)36(31)43)27-13-9-6-10-14-27/h5-14,20-24,29-30H,3-4,15-19H2,1-2H3,(H,41,42,44)/b35-22-/t29-,30-/m0/s1. The lowest BCUT2D eigenvalue weighted by molar-refractivity contribution is -0.115. The van der Waals surface area contributed by atoms with Gasteiger partial charge in [-0.2, -0.15) is 0 Å². The summed E-state index contributed by atoms with van der Waals surface area (Å²) in [7, 11) is 0. The summed E-state index contributed by atoms with van der Waals surface area (Å²) in [5.74, 6) is 1.75. The SMILES string of the molecule is CCCOc1c(Br)cc(/C=C2\SC(=Nc3cc4c5c(c3)[C@H](c3ccccc3)CCN5CC[C@H]4c3ccccc3)NC2=O)cc1OCC. The second kappa shape index (κ2) is 14.0. The summed E-state index contributed by atoms with van der Waals surface area (Å²) in [5.41, 5.74) is 8.38. The fourth-order valence-corrected chi connectivity index (χ4v) is 8.35. The summed E-state index contributed by atoms with van der Waals surface area (Å²) >= 11 is 5.01. The van der Waals surface area contributed by atoms with Crippen molar-refractivity contribution in [2.45, 2.75) is 44.9 Å². The molecule has 0 unspecified atom stereocenters. The maximum Gasteiger partial charge on any atom is 0.264 e. The highest BCUT2D eigenvalue weighted by Gasteiger charge is 2.35. The average molecular weight is 709 g/mol. The van der Waals surface area contributed by atoms with Crippen LogP contribution in [-0.4, -0.2) is 37.4 Å². The molecular weight excluding hydrogens is 670 g/mol. The lowest BCUT2D eigenvalue weighted by Crippen LogP contribution is -2.37. The molecule has 6 nitrogen and oxygen atoms in total. The first kappa shape index (κ1) is 31.6. The van der Waals surface area contributed by atoms with E-state index in [1.165, 1.54) is 39.7 Å². The molecule has 0 spiro atoms. The molecular formula is C39H38BrN3O3S. The van der Waals surface area contributed by atoms with E-state index < -0.39 is 0 Å². The molecule has 0 bridgehead atoms. The van der Waals surface area contributed by atoms with Crippen molar-refractivity contribution in [3.63, 3.8) is 0 Å². The first-order valence-electron chi connectivity index (χ1n) is 16.4. The maximum absolute atomic E-state index is 13.2. The molecule has 240 valence electrons. The van der Waals surface area contributed by atoms with Gasteiger partial charge in [0.25, 0.3) is 5.91 Å². The van der Waals surface area contributed by atoms with Crippen LogP contribution in [0.4, 0.5) is 11.4 Å². The highest BCUT2D eigenvalue weighted by Crippen LogP contribution is 2.50. The number of nitrogens with one attached hydrogen (secondary N) is 1. The zero-order valence-corrected chi connectivity index (χ0v) is 29.1. The topological polar surface area (TPSA) is 63.2 Å². The van der Waals surface area contributed by atoms with Crippen molar-refractivity contribution in [2.24, 2.45) is 4.99 Å². The van der Waals surface area contributed by atoms with Gasteiger partial charge in [-0.3, -0.25) is 4.79 Å². The van der Waals surface area contributed by atoms with Gasteiger partial charge >= 0.3 is 0 Å². The number of carbonyl (C=O) groups excluding carboxylic acids is 1. The van der Waals surface area contributed by atoms with Gasteiger partial charge in [-0.05, 0) is 112 Å². The van der Waals surface area contributed by atoms with Crippen molar-refractivity contribution in [1.29, 1.82) is 0 Å². The normalized spacial score (nSPS) is 20.3. The van der Waals surface area contributed by atoms with Crippen LogP contribution in [0.3, 0.4) is 0 Å². The van der Waals surface area contributed by atoms with Crippen molar-refractivity contribution in [2.75, 3.05) is 31.2 Å². The average Bonchev–Trinajstić information content (AvgIpc) is 3.43. The van der Waals surface area contributed by atoms with E-state index in [4.69, 9.17) is 14.5 Å². The largest absolute Gasteiger partial charge is 0.490 e. The quantitative estimate of drug-likeness (QED) is 0.176. The number of hydrogen-bond acceptors (Lipinski definition) is 6. The van der Waals surface area contributed by atoms with Crippen LogP contribution in [0.2, 0.25) is 0 Å². The van der Waals surface area contributed by atoms with Crippen LogP contribution in [0.1, 0.15) is 72.8 Å². The van der Waals surface area contributed by atoms with Gasteiger partial charge in [0, 0.05) is 30.6 Å². The molecule has 1 amide bonds. The van der Waals surface area contributed by atoms with E-state index in [1.54, 1.807) is 0 Å². The van der Waals surface area contributed by atoms with Crippen LogP contribution in [0.5, 0.6) is 11.5 Å². The molecule has 0 saturated carbocycles. The highest BCUT2D eigenvalue weighted by molar-refractivity contribution is 9.10. The fourth-order valence-electron chi connectivity index (χ4n) is 6.93. The zero-order valence-electron chi connectivity index (χ0n) is 26.7. The van der Waals surface area contributed by atoms with E-state index in [9.17, 15) is 4.79 Å². The first-order chi connectivity index (χ1) is 23.0. The lowest BCUT2D eigenvalue weighted by atomic mass is 9.76. The molecule has 7 rings (SSSR count). The third-order valence-corrected chi connectivity index (χ3v) is 10.5. The van der Waals surface area contributed by atoms with Gasteiger partial charge in [0.1, 0.15) is 0 Å². The number of amidine groups is 1. The fraction of sp³-hybridized carbons (Fsp3) is 0.282. The third-order valence-electron chi connectivity index (χ3n) is 8.96. The minimum atomic E-state index is -0.163. The van der Waals surface area contributed by atoms with E-state index in [1.807, 2.05) is 25.1 Å². The Kier molecular flexibility index (Phi) is 9.41. The van der Waals surface area contributed by atoms with Crippen LogP contribution in [0.15, 0.2) is 99.3 Å². The molecule has 1 N–H and O–H groups in total. The Morgan fingerprint density at radius 2 is 1.55 bits per heavy atom. The Balaban J connectivity index is 1.26. The number of hydrogen-bond donors (Lipinski definition) is 1. The summed E-state index contributed by atoms with van der Waals surface area (Å²) in [6.07, 6.45) is 4.90. The van der Waals surface area contributed by atoms with E-state index in [0.717, 1.165) is 48.1 Å². The number of anilines is 1. The predicted octanol–water partition coefficient (Wildman–Crippen LogP) is 9.41.